The van der Waals surface area contributed by atoms with E-state index in [0.717, 1.165) is 17.1 Å². The van der Waals surface area contributed by atoms with Crippen LogP contribution < -0.4 is 10.6 Å². The molecule has 0 unspecified atom stereocenters. The molecule has 0 saturated carbocycles. The first-order valence-corrected chi connectivity index (χ1v) is 5.87. The van der Waals surface area contributed by atoms with Gasteiger partial charge in [0, 0.05) is 30.2 Å². The van der Waals surface area contributed by atoms with Crippen molar-refractivity contribution in [3.63, 3.8) is 0 Å². The quantitative estimate of drug-likeness (QED) is 0.902. The first kappa shape index (κ1) is 12.4. The Morgan fingerprint density at radius 3 is 2.72 bits per heavy atom. The van der Waals surface area contributed by atoms with Gasteiger partial charge >= 0.3 is 0 Å². The summed E-state index contributed by atoms with van der Waals surface area (Å²) in [5.74, 6) is 0.470. The van der Waals surface area contributed by atoms with Gasteiger partial charge in [-0.25, -0.2) is 9.37 Å². The zero-order valence-electron chi connectivity index (χ0n) is 10.5. The molecule has 0 aliphatic carbocycles. The average molecular weight is 245 g/mol. The van der Waals surface area contributed by atoms with Gasteiger partial charge < -0.3 is 10.6 Å². The van der Waals surface area contributed by atoms with Crippen molar-refractivity contribution < 1.29 is 4.39 Å². The Balaban J connectivity index is 2.42. The number of nitrogens with zero attached hydrogens (tertiary/aromatic N) is 2. The summed E-state index contributed by atoms with van der Waals surface area (Å²) in [6.07, 6.45) is 1.73. The van der Waals surface area contributed by atoms with Crippen LogP contribution in [0.2, 0.25) is 0 Å². The molecule has 3 nitrogen and oxygen atoms in total. The average Bonchev–Trinajstić information content (AvgIpc) is 2.35. The number of anilines is 3. The molecule has 94 valence electrons. The van der Waals surface area contributed by atoms with Gasteiger partial charge in [0.2, 0.25) is 0 Å². The monoisotopic (exact) mass is 245 g/mol. The molecular formula is C14H16FN3. The molecule has 0 atom stereocenters. The van der Waals surface area contributed by atoms with Gasteiger partial charge in [-0.05, 0) is 37.6 Å². The van der Waals surface area contributed by atoms with Crippen LogP contribution in [0, 0.1) is 12.7 Å². The molecule has 2 N–H and O–H groups in total. The van der Waals surface area contributed by atoms with E-state index < -0.39 is 0 Å². The molecule has 0 bridgehead atoms. The van der Waals surface area contributed by atoms with Crippen LogP contribution in [0.25, 0.3) is 0 Å². The van der Waals surface area contributed by atoms with Crippen LogP contribution in [0.5, 0.6) is 0 Å². The number of aromatic nitrogens is 1. The lowest BCUT2D eigenvalue weighted by molar-refractivity contribution is 0.627. The molecule has 0 radical (unpaired) electrons. The summed E-state index contributed by atoms with van der Waals surface area (Å²) >= 11 is 0. The second kappa shape index (κ2) is 5.04. The van der Waals surface area contributed by atoms with Gasteiger partial charge in [0.15, 0.2) is 0 Å². The second-order valence-corrected chi connectivity index (χ2v) is 4.12. The van der Waals surface area contributed by atoms with E-state index in [-0.39, 0.29) is 5.82 Å². The van der Waals surface area contributed by atoms with Crippen molar-refractivity contribution in [1.82, 2.24) is 4.98 Å². The van der Waals surface area contributed by atoms with Crippen LogP contribution in [0.4, 0.5) is 21.6 Å². The van der Waals surface area contributed by atoms with Crippen molar-refractivity contribution >= 4 is 17.2 Å². The predicted molar refractivity (Wildman–Crippen MR) is 72.5 cm³/mol. The number of aryl methyl sites for hydroxylation is 1. The molecule has 4 heteroatoms. The highest BCUT2D eigenvalue weighted by molar-refractivity contribution is 5.64. The smallest absolute Gasteiger partial charge is 0.134 e. The Hall–Kier alpha value is -2.10. The molecule has 1 aromatic carbocycles. The van der Waals surface area contributed by atoms with E-state index in [1.807, 2.05) is 30.9 Å². The fourth-order valence-corrected chi connectivity index (χ4v) is 1.80. The van der Waals surface area contributed by atoms with E-state index in [2.05, 4.69) is 4.98 Å². The zero-order chi connectivity index (χ0) is 13.1. The van der Waals surface area contributed by atoms with Gasteiger partial charge in [0.25, 0.3) is 0 Å². The van der Waals surface area contributed by atoms with Crippen molar-refractivity contribution in [3.8, 4) is 0 Å². The van der Waals surface area contributed by atoms with E-state index in [1.165, 1.54) is 12.1 Å². The molecule has 0 fully saturated rings. The van der Waals surface area contributed by atoms with Gasteiger partial charge in [0.05, 0.1) is 0 Å². The number of hydrogen-bond donors (Lipinski definition) is 1. The van der Waals surface area contributed by atoms with Gasteiger partial charge in [0.1, 0.15) is 11.6 Å². The Morgan fingerprint density at radius 2 is 2.11 bits per heavy atom. The maximum atomic E-state index is 13.3. The largest absolute Gasteiger partial charge is 0.398 e. The number of rotatable bonds is 3. The first-order chi connectivity index (χ1) is 8.61. The molecule has 2 aromatic rings. The Labute approximate surface area is 106 Å². The molecule has 1 aromatic heterocycles. The van der Waals surface area contributed by atoms with E-state index in [4.69, 9.17) is 5.73 Å². The summed E-state index contributed by atoms with van der Waals surface area (Å²) in [5, 5.41) is 0. The highest BCUT2D eigenvalue weighted by Gasteiger charge is 2.10. The summed E-state index contributed by atoms with van der Waals surface area (Å²) in [7, 11) is 0. The van der Waals surface area contributed by atoms with Gasteiger partial charge in [-0.2, -0.15) is 0 Å². The Morgan fingerprint density at radius 1 is 1.33 bits per heavy atom. The number of halogens is 1. The number of hydrogen-bond acceptors (Lipinski definition) is 3. The van der Waals surface area contributed by atoms with Crippen LogP contribution in [0.15, 0.2) is 36.5 Å². The van der Waals surface area contributed by atoms with E-state index >= 15 is 0 Å². The molecule has 0 spiro atoms. The molecule has 18 heavy (non-hydrogen) atoms. The lowest BCUT2D eigenvalue weighted by atomic mass is 10.2. The first-order valence-electron chi connectivity index (χ1n) is 5.87. The second-order valence-electron chi connectivity index (χ2n) is 4.12. The van der Waals surface area contributed by atoms with Crippen molar-refractivity contribution in [2.75, 3.05) is 17.2 Å². The minimum atomic E-state index is -0.258. The van der Waals surface area contributed by atoms with E-state index in [0.29, 0.717) is 12.2 Å². The fraction of sp³-hybridized carbons (Fsp3) is 0.214. The Bertz CT molecular complexity index is 554. The number of pyridine rings is 1. The molecule has 0 saturated heterocycles. The summed E-state index contributed by atoms with van der Waals surface area (Å²) in [5.41, 5.74) is 8.28. The maximum absolute atomic E-state index is 13.3. The van der Waals surface area contributed by atoms with Crippen molar-refractivity contribution in [1.29, 1.82) is 0 Å². The third kappa shape index (κ3) is 2.42. The minimum absolute atomic E-state index is 0.258. The molecule has 0 aliphatic rings. The number of nitrogen functional groups attached to an aromatic ring is 1. The predicted octanol–water partition coefficient (Wildman–Crippen LogP) is 3.27. The number of nitrogens with two attached hydrogens (primary N) is 1. The van der Waals surface area contributed by atoms with Crippen LogP contribution in [-0.2, 0) is 0 Å². The highest BCUT2D eigenvalue weighted by atomic mass is 19.1. The molecular weight excluding hydrogens is 229 g/mol. The van der Waals surface area contributed by atoms with E-state index in [9.17, 15) is 4.39 Å². The number of benzene rings is 1. The summed E-state index contributed by atoms with van der Waals surface area (Å²) < 4.78 is 13.3. The molecule has 2 rings (SSSR count). The van der Waals surface area contributed by atoms with Crippen LogP contribution in [0.3, 0.4) is 0 Å². The summed E-state index contributed by atoms with van der Waals surface area (Å²) in [6.45, 7) is 4.59. The fourth-order valence-electron chi connectivity index (χ4n) is 1.80. The van der Waals surface area contributed by atoms with Crippen LogP contribution in [-0.4, -0.2) is 11.5 Å². The van der Waals surface area contributed by atoms with Crippen molar-refractivity contribution in [2.24, 2.45) is 0 Å². The van der Waals surface area contributed by atoms with Crippen molar-refractivity contribution in [3.05, 3.63) is 47.9 Å². The SMILES string of the molecule is CCN(c1cccc(F)c1)c1cc(N)c(C)cn1. The molecule has 1 heterocycles. The van der Waals surface area contributed by atoms with Gasteiger partial charge in [-0.1, -0.05) is 6.07 Å². The lowest BCUT2D eigenvalue weighted by Crippen LogP contribution is -2.17. The third-order valence-corrected chi connectivity index (χ3v) is 2.84. The topological polar surface area (TPSA) is 42.1 Å². The van der Waals surface area contributed by atoms with Crippen LogP contribution in [0.1, 0.15) is 12.5 Å². The minimum Gasteiger partial charge on any atom is -0.398 e. The standard InChI is InChI=1S/C14H16FN3/c1-3-18(12-6-4-5-11(15)7-12)14-8-13(16)10(2)9-17-14/h4-9H,3H2,1-2H3,(H2,16,17). The van der Waals surface area contributed by atoms with Gasteiger partial charge in [-0.3, -0.25) is 0 Å². The molecule has 0 aliphatic heterocycles. The van der Waals surface area contributed by atoms with Crippen molar-refractivity contribution in [2.45, 2.75) is 13.8 Å². The third-order valence-electron chi connectivity index (χ3n) is 2.84. The maximum Gasteiger partial charge on any atom is 0.134 e. The van der Waals surface area contributed by atoms with E-state index in [1.54, 1.807) is 12.3 Å². The summed E-state index contributed by atoms with van der Waals surface area (Å²) in [4.78, 5) is 6.26. The Kier molecular flexibility index (Phi) is 3.46. The molecule has 0 amide bonds. The lowest BCUT2D eigenvalue weighted by Gasteiger charge is -2.22. The van der Waals surface area contributed by atoms with Crippen LogP contribution >= 0.6 is 0 Å². The summed E-state index contributed by atoms with van der Waals surface area (Å²) in [6, 6.07) is 8.26. The zero-order valence-corrected chi connectivity index (χ0v) is 10.5. The normalized spacial score (nSPS) is 10.4. The highest BCUT2D eigenvalue weighted by Crippen LogP contribution is 2.26. The van der Waals surface area contributed by atoms with Gasteiger partial charge in [-0.15, -0.1) is 0 Å².